The Morgan fingerprint density at radius 1 is 1.44 bits per heavy atom. The summed E-state index contributed by atoms with van der Waals surface area (Å²) in [5.74, 6) is 0.508. The standard InChI is InChI=1S/C14H18O4/c1-5-12(17-6-2)11-7-8-13(18-10(3)15)14(9-11)16-4/h5,7-9,12H,1,6H2,2-4H3. The molecule has 1 aromatic carbocycles. The molecule has 1 rings (SSSR count). The maximum absolute atomic E-state index is 10.9. The molecule has 0 fully saturated rings. The lowest BCUT2D eigenvalue weighted by Crippen LogP contribution is -2.05. The second-order valence-corrected chi connectivity index (χ2v) is 3.62. The van der Waals surface area contributed by atoms with Gasteiger partial charge in [-0.3, -0.25) is 4.79 Å². The highest BCUT2D eigenvalue weighted by Gasteiger charge is 2.12. The molecular weight excluding hydrogens is 232 g/mol. The molecule has 0 aliphatic carbocycles. The Kier molecular flexibility index (Phi) is 5.39. The highest BCUT2D eigenvalue weighted by molar-refractivity contribution is 5.70. The van der Waals surface area contributed by atoms with E-state index in [1.807, 2.05) is 13.0 Å². The molecule has 0 amide bonds. The summed E-state index contributed by atoms with van der Waals surface area (Å²) in [6, 6.07) is 5.29. The van der Waals surface area contributed by atoms with E-state index in [9.17, 15) is 4.79 Å². The first-order valence-corrected chi connectivity index (χ1v) is 5.72. The highest BCUT2D eigenvalue weighted by atomic mass is 16.6. The third-order valence-electron chi connectivity index (χ3n) is 2.33. The zero-order valence-electron chi connectivity index (χ0n) is 10.9. The summed E-state index contributed by atoms with van der Waals surface area (Å²) in [7, 11) is 1.52. The molecule has 0 aromatic heterocycles. The lowest BCUT2D eigenvalue weighted by molar-refractivity contribution is -0.132. The molecule has 1 atom stereocenters. The maximum Gasteiger partial charge on any atom is 0.308 e. The van der Waals surface area contributed by atoms with Gasteiger partial charge in [-0.2, -0.15) is 0 Å². The van der Waals surface area contributed by atoms with Crippen molar-refractivity contribution in [3.05, 3.63) is 36.4 Å². The summed E-state index contributed by atoms with van der Waals surface area (Å²) in [6.07, 6.45) is 1.51. The molecule has 1 unspecified atom stereocenters. The normalized spacial score (nSPS) is 11.7. The van der Waals surface area contributed by atoms with Gasteiger partial charge in [0.1, 0.15) is 6.10 Å². The zero-order chi connectivity index (χ0) is 13.5. The molecule has 18 heavy (non-hydrogen) atoms. The molecule has 0 saturated carbocycles. The van der Waals surface area contributed by atoms with Crippen molar-refractivity contribution in [2.75, 3.05) is 13.7 Å². The van der Waals surface area contributed by atoms with E-state index in [1.165, 1.54) is 14.0 Å². The van der Waals surface area contributed by atoms with Crippen LogP contribution in [0.5, 0.6) is 11.5 Å². The number of ether oxygens (including phenoxy) is 3. The number of carbonyl (C=O) groups excluding carboxylic acids is 1. The third-order valence-corrected chi connectivity index (χ3v) is 2.33. The van der Waals surface area contributed by atoms with Gasteiger partial charge in [-0.1, -0.05) is 12.1 Å². The number of carbonyl (C=O) groups is 1. The van der Waals surface area contributed by atoms with Crippen LogP contribution >= 0.6 is 0 Å². The minimum atomic E-state index is -0.383. The fourth-order valence-electron chi connectivity index (χ4n) is 1.58. The average Bonchev–Trinajstić information content (AvgIpc) is 2.36. The molecule has 4 nitrogen and oxygen atoms in total. The van der Waals surface area contributed by atoms with Crippen molar-refractivity contribution < 1.29 is 19.0 Å². The van der Waals surface area contributed by atoms with Gasteiger partial charge in [0.15, 0.2) is 11.5 Å². The Balaban J connectivity index is 3.03. The lowest BCUT2D eigenvalue weighted by atomic mass is 10.1. The summed E-state index contributed by atoms with van der Waals surface area (Å²) < 4.78 is 15.7. The van der Waals surface area contributed by atoms with E-state index >= 15 is 0 Å². The first-order valence-electron chi connectivity index (χ1n) is 5.72. The van der Waals surface area contributed by atoms with Crippen molar-refractivity contribution >= 4 is 5.97 Å². The molecule has 0 heterocycles. The van der Waals surface area contributed by atoms with Gasteiger partial charge in [0.2, 0.25) is 0 Å². The summed E-state index contributed by atoms with van der Waals surface area (Å²) >= 11 is 0. The van der Waals surface area contributed by atoms with Crippen molar-refractivity contribution in [3.8, 4) is 11.5 Å². The minimum absolute atomic E-state index is 0.199. The van der Waals surface area contributed by atoms with Gasteiger partial charge in [-0.25, -0.2) is 0 Å². The van der Waals surface area contributed by atoms with E-state index in [4.69, 9.17) is 14.2 Å². The number of benzene rings is 1. The Hall–Kier alpha value is -1.81. The molecule has 0 N–H and O–H groups in total. The van der Waals surface area contributed by atoms with Crippen molar-refractivity contribution in [1.82, 2.24) is 0 Å². The van der Waals surface area contributed by atoms with Gasteiger partial charge in [0.25, 0.3) is 0 Å². The SMILES string of the molecule is C=CC(OCC)c1ccc(OC(C)=O)c(OC)c1. The van der Waals surface area contributed by atoms with E-state index in [2.05, 4.69) is 6.58 Å². The van der Waals surface area contributed by atoms with Crippen LogP contribution in [-0.4, -0.2) is 19.7 Å². The van der Waals surface area contributed by atoms with E-state index in [1.54, 1.807) is 18.2 Å². The number of hydrogen-bond donors (Lipinski definition) is 0. The van der Waals surface area contributed by atoms with Crippen molar-refractivity contribution in [2.24, 2.45) is 0 Å². The van der Waals surface area contributed by atoms with Gasteiger partial charge in [-0.05, 0) is 24.6 Å². The number of hydrogen-bond acceptors (Lipinski definition) is 4. The largest absolute Gasteiger partial charge is 0.493 e. The van der Waals surface area contributed by atoms with Gasteiger partial charge in [0, 0.05) is 13.5 Å². The molecule has 0 aliphatic rings. The Morgan fingerprint density at radius 3 is 2.67 bits per heavy atom. The minimum Gasteiger partial charge on any atom is -0.493 e. The molecular formula is C14H18O4. The highest BCUT2D eigenvalue weighted by Crippen LogP contribution is 2.31. The molecule has 1 aromatic rings. The molecule has 0 saturated heterocycles. The number of esters is 1. The average molecular weight is 250 g/mol. The third kappa shape index (κ3) is 3.60. The Labute approximate surface area is 107 Å². The van der Waals surface area contributed by atoms with Crippen molar-refractivity contribution in [1.29, 1.82) is 0 Å². The Morgan fingerprint density at radius 2 is 2.17 bits per heavy atom. The fraction of sp³-hybridized carbons (Fsp3) is 0.357. The number of methoxy groups -OCH3 is 1. The van der Waals surface area contributed by atoms with Gasteiger partial charge in [-0.15, -0.1) is 6.58 Å². The summed E-state index contributed by atoms with van der Waals surface area (Å²) in [4.78, 5) is 10.9. The van der Waals surface area contributed by atoms with Gasteiger partial charge < -0.3 is 14.2 Å². The molecule has 98 valence electrons. The molecule has 0 aliphatic heterocycles. The van der Waals surface area contributed by atoms with Crippen LogP contribution in [-0.2, 0) is 9.53 Å². The monoisotopic (exact) mass is 250 g/mol. The second kappa shape index (κ2) is 6.81. The van der Waals surface area contributed by atoms with Crippen LogP contribution in [0.4, 0.5) is 0 Å². The molecule has 0 bridgehead atoms. The van der Waals surface area contributed by atoms with Crippen LogP contribution in [0.3, 0.4) is 0 Å². The quantitative estimate of drug-likeness (QED) is 0.442. The lowest BCUT2D eigenvalue weighted by Gasteiger charge is -2.15. The van der Waals surface area contributed by atoms with Gasteiger partial charge >= 0.3 is 5.97 Å². The van der Waals surface area contributed by atoms with E-state index in [0.29, 0.717) is 18.1 Å². The van der Waals surface area contributed by atoms with Gasteiger partial charge in [0.05, 0.1) is 7.11 Å². The summed E-state index contributed by atoms with van der Waals surface area (Å²) in [5, 5.41) is 0. The number of rotatable bonds is 6. The zero-order valence-corrected chi connectivity index (χ0v) is 10.9. The summed E-state index contributed by atoms with van der Waals surface area (Å²) in [5.41, 5.74) is 0.902. The topological polar surface area (TPSA) is 44.8 Å². The van der Waals surface area contributed by atoms with Crippen LogP contribution in [0.1, 0.15) is 25.5 Å². The van der Waals surface area contributed by atoms with Crippen LogP contribution in [0.25, 0.3) is 0 Å². The second-order valence-electron chi connectivity index (χ2n) is 3.62. The van der Waals surface area contributed by atoms with E-state index in [-0.39, 0.29) is 12.1 Å². The van der Waals surface area contributed by atoms with Crippen molar-refractivity contribution in [2.45, 2.75) is 20.0 Å². The summed E-state index contributed by atoms with van der Waals surface area (Å²) in [6.45, 7) is 7.58. The van der Waals surface area contributed by atoms with Crippen LogP contribution in [0.15, 0.2) is 30.9 Å². The van der Waals surface area contributed by atoms with Crippen molar-refractivity contribution in [3.63, 3.8) is 0 Å². The predicted molar refractivity (Wildman–Crippen MR) is 68.9 cm³/mol. The molecule has 0 spiro atoms. The smallest absolute Gasteiger partial charge is 0.308 e. The first kappa shape index (κ1) is 14.3. The van der Waals surface area contributed by atoms with E-state index < -0.39 is 0 Å². The van der Waals surface area contributed by atoms with Crippen LogP contribution < -0.4 is 9.47 Å². The predicted octanol–water partition coefficient (Wildman–Crippen LogP) is 2.88. The molecule has 4 heteroatoms. The fourth-order valence-corrected chi connectivity index (χ4v) is 1.58. The Bertz CT molecular complexity index is 426. The van der Waals surface area contributed by atoms with Crippen LogP contribution in [0, 0.1) is 0 Å². The molecule has 0 radical (unpaired) electrons. The van der Waals surface area contributed by atoms with Crippen LogP contribution in [0.2, 0.25) is 0 Å². The first-order chi connectivity index (χ1) is 8.62. The van der Waals surface area contributed by atoms with E-state index in [0.717, 1.165) is 5.56 Å². The maximum atomic E-state index is 10.9.